The molecule has 0 aliphatic heterocycles. The Morgan fingerprint density at radius 3 is 2.42 bits per heavy atom. The van der Waals surface area contributed by atoms with Crippen molar-refractivity contribution >= 4 is 18.0 Å². The first kappa shape index (κ1) is 19.8. The molecular formula is C19H25NO6. The van der Waals surface area contributed by atoms with E-state index in [1.54, 1.807) is 13.8 Å². The number of rotatable bonds is 9. The first-order chi connectivity index (χ1) is 12.5. The van der Waals surface area contributed by atoms with E-state index in [2.05, 4.69) is 5.32 Å². The zero-order chi connectivity index (χ0) is 18.9. The van der Waals surface area contributed by atoms with Gasteiger partial charge in [-0.1, -0.05) is 30.3 Å². The van der Waals surface area contributed by atoms with E-state index in [4.69, 9.17) is 14.2 Å². The Kier molecular flexibility index (Phi) is 7.44. The monoisotopic (exact) mass is 363 g/mol. The third-order valence-electron chi connectivity index (χ3n) is 4.13. The smallest absolute Gasteiger partial charge is 0.408 e. The molecule has 0 radical (unpaired) electrons. The van der Waals surface area contributed by atoms with Crippen LogP contribution in [0, 0.1) is 11.8 Å². The molecule has 142 valence electrons. The van der Waals surface area contributed by atoms with Crippen molar-refractivity contribution in [2.24, 2.45) is 11.8 Å². The van der Waals surface area contributed by atoms with Crippen LogP contribution in [-0.4, -0.2) is 37.3 Å². The van der Waals surface area contributed by atoms with Crippen LogP contribution in [0.4, 0.5) is 4.79 Å². The van der Waals surface area contributed by atoms with E-state index >= 15 is 0 Å². The maximum absolute atomic E-state index is 12.1. The molecule has 26 heavy (non-hydrogen) atoms. The van der Waals surface area contributed by atoms with Crippen LogP contribution in [-0.2, 0) is 30.4 Å². The van der Waals surface area contributed by atoms with Gasteiger partial charge in [-0.2, -0.15) is 0 Å². The van der Waals surface area contributed by atoms with Crippen LogP contribution in [0.2, 0.25) is 0 Å². The van der Waals surface area contributed by atoms with Crippen LogP contribution in [0.25, 0.3) is 0 Å². The lowest BCUT2D eigenvalue weighted by atomic mass is 10.1. The van der Waals surface area contributed by atoms with Crippen LogP contribution in [0.5, 0.6) is 0 Å². The minimum Gasteiger partial charge on any atom is -0.466 e. The highest BCUT2D eigenvalue weighted by Crippen LogP contribution is 2.43. The van der Waals surface area contributed by atoms with Crippen molar-refractivity contribution in [1.29, 1.82) is 0 Å². The van der Waals surface area contributed by atoms with Gasteiger partial charge in [-0.3, -0.25) is 4.79 Å². The predicted octanol–water partition coefficient (Wildman–Crippen LogP) is 2.43. The zero-order valence-corrected chi connectivity index (χ0v) is 15.1. The number of amides is 1. The quantitative estimate of drug-likeness (QED) is 0.535. The topological polar surface area (TPSA) is 90.9 Å². The molecule has 0 unspecified atom stereocenters. The largest absolute Gasteiger partial charge is 0.466 e. The number of esters is 2. The molecule has 1 amide bonds. The Balaban J connectivity index is 1.85. The summed E-state index contributed by atoms with van der Waals surface area (Å²) < 4.78 is 15.2. The van der Waals surface area contributed by atoms with E-state index in [-0.39, 0.29) is 31.0 Å². The third kappa shape index (κ3) is 6.06. The van der Waals surface area contributed by atoms with Crippen molar-refractivity contribution in [2.75, 3.05) is 13.2 Å². The van der Waals surface area contributed by atoms with Crippen molar-refractivity contribution in [3.63, 3.8) is 0 Å². The van der Waals surface area contributed by atoms with Gasteiger partial charge in [0.2, 0.25) is 0 Å². The molecule has 3 atom stereocenters. The normalized spacial score (nSPS) is 19.2. The van der Waals surface area contributed by atoms with Crippen LogP contribution in [0.15, 0.2) is 30.3 Å². The Labute approximate surface area is 153 Å². The predicted molar refractivity (Wildman–Crippen MR) is 93.0 cm³/mol. The number of nitrogens with one attached hydrogen (secondary N) is 1. The van der Waals surface area contributed by atoms with E-state index in [1.165, 1.54) is 0 Å². The summed E-state index contributed by atoms with van der Waals surface area (Å²) in [6.07, 6.45) is 0.276. The van der Waals surface area contributed by atoms with E-state index in [0.29, 0.717) is 19.4 Å². The molecule has 1 N–H and O–H groups in total. The molecule has 7 nitrogen and oxygen atoms in total. The average molecular weight is 363 g/mol. The average Bonchev–Trinajstić information content (AvgIpc) is 3.40. The highest BCUT2D eigenvalue weighted by molar-refractivity contribution is 5.82. The van der Waals surface area contributed by atoms with Gasteiger partial charge >= 0.3 is 18.0 Å². The summed E-state index contributed by atoms with van der Waals surface area (Å²) in [6.45, 7) is 4.09. The summed E-state index contributed by atoms with van der Waals surface area (Å²) in [6, 6.07) is 8.40. The van der Waals surface area contributed by atoms with E-state index < -0.39 is 18.1 Å². The fourth-order valence-corrected chi connectivity index (χ4v) is 2.71. The van der Waals surface area contributed by atoms with Crippen molar-refractivity contribution in [3.05, 3.63) is 35.9 Å². The summed E-state index contributed by atoms with van der Waals surface area (Å²) in [4.78, 5) is 35.9. The lowest BCUT2D eigenvalue weighted by Gasteiger charge is -2.17. The molecule has 0 saturated heterocycles. The lowest BCUT2D eigenvalue weighted by molar-refractivity contribution is -0.147. The summed E-state index contributed by atoms with van der Waals surface area (Å²) in [5, 5.41) is 2.55. The van der Waals surface area contributed by atoms with Gasteiger partial charge in [-0.25, -0.2) is 9.59 Å². The minimum atomic E-state index is -0.845. The van der Waals surface area contributed by atoms with E-state index in [9.17, 15) is 14.4 Å². The molecule has 1 fully saturated rings. The second-order valence-corrected chi connectivity index (χ2v) is 6.10. The molecule has 1 aromatic carbocycles. The molecule has 1 aliphatic carbocycles. The number of benzene rings is 1. The Hall–Kier alpha value is -2.57. The summed E-state index contributed by atoms with van der Waals surface area (Å²) in [5.74, 6) is -1.00. The first-order valence-electron chi connectivity index (χ1n) is 8.85. The van der Waals surface area contributed by atoms with Gasteiger partial charge in [-0.15, -0.1) is 0 Å². The van der Waals surface area contributed by atoms with Crippen molar-refractivity contribution < 1.29 is 28.6 Å². The van der Waals surface area contributed by atoms with Crippen LogP contribution < -0.4 is 5.32 Å². The van der Waals surface area contributed by atoms with Crippen LogP contribution in [0.3, 0.4) is 0 Å². The zero-order valence-electron chi connectivity index (χ0n) is 15.1. The highest BCUT2D eigenvalue weighted by atomic mass is 16.6. The molecule has 0 spiro atoms. The summed E-state index contributed by atoms with van der Waals surface area (Å²) in [7, 11) is 0. The maximum Gasteiger partial charge on any atom is 0.408 e. The lowest BCUT2D eigenvalue weighted by Crippen LogP contribution is -2.42. The third-order valence-corrected chi connectivity index (χ3v) is 4.13. The van der Waals surface area contributed by atoms with Gasteiger partial charge in [0, 0.05) is 0 Å². The fourth-order valence-electron chi connectivity index (χ4n) is 2.71. The van der Waals surface area contributed by atoms with Gasteiger partial charge in [0.05, 0.1) is 19.1 Å². The molecule has 1 aromatic rings. The van der Waals surface area contributed by atoms with Gasteiger partial charge in [0.15, 0.2) is 0 Å². The van der Waals surface area contributed by atoms with Crippen LogP contribution >= 0.6 is 0 Å². The number of carbonyl (C=O) groups excluding carboxylic acids is 3. The number of alkyl carbamates (subject to hydrolysis) is 1. The number of hydrogen-bond donors (Lipinski definition) is 1. The summed E-state index contributed by atoms with van der Waals surface area (Å²) in [5.41, 5.74) is 0.847. The van der Waals surface area contributed by atoms with Gasteiger partial charge in [0.1, 0.15) is 12.6 Å². The molecular weight excluding hydrogens is 338 g/mol. The summed E-state index contributed by atoms with van der Waals surface area (Å²) >= 11 is 0. The van der Waals surface area contributed by atoms with Gasteiger partial charge < -0.3 is 19.5 Å². The number of carbonyl (C=O) groups is 3. The van der Waals surface area contributed by atoms with E-state index in [0.717, 1.165) is 5.56 Å². The molecule has 0 bridgehead atoms. The first-order valence-corrected chi connectivity index (χ1v) is 8.85. The van der Waals surface area contributed by atoms with Crippen LogP contribution in [0.1, 0.15) is 32.3 Å². The maximum atomic E-state index is 12.1. The van der Waals surface area contributed by atoms with Crippen molar-refractivity contribution in [2.45, 2.75) is 39.3 Å². The second kappa shape index (κ2) is 9.79. The highest BCUT2D eigenvalue weighted by Gasteiger charge is 2.46. The van der Waals surface area contributed by atoms with Gasteiger partial charge in [-0.05, 0) is 38.2 Å². The standard InChI is InChI=1S/C19H25NO6/c1-3-24-17(21)15-10-14(15)11-16(18(22)25-4-2)20-19(23)26-12-13-8-6-5-7-9-13/h5-9,14-16H,3-4,10-12H2,1-2H3,(H,20,23)/t14-,15+,16-/m0/s1. The molecule has 0 heterocycles. The Bertz CT molecular complexity index is 618. The van der Waals surface area contributed by atoms with Crippen molar-refractivity contribution in [1.82, 2.24) is 5.32 Å². The molecule has 2 rings (SSSR count). The number of ether oxygens (including phenoxy) is 3. The van der Waals surface area contributed by atoms with E-state index in [1.807, 2.05) is 30.3 Å². The van der Waals surface area contributed by atoms with Gasteiger partial charge in [0.25, 0.3) is 0 Å². The molecule has 1 saturated carbocycles. The minimum absolute atomic E-state index is 0.00196. The fraction of sp³-hybridized carbons (Fsp3) is 0.526. The molecule has 0 aromatic heterocycles. The van der Waals surface area contributed by atoms with Crippen molar-refractivity contribution in [3.8, 4) is 0 Å². The Morgan fingerprint density at radius 2 is 1.77 bits per heavy atom. The SMILES string of the molecule is CCOC(=O)[C@H](C[C@@H]1C[C@H]1C(=O)OCC)NC(=O)OCc1ccccc1. The second-order valence-electron chi connectivity index (χ2n) is 6.10. The molecule has 7 heteroatoms. The number of hydrogen-bond acceptors (Lipinski definition) is 6. The Morgan fingerprint density at radius 1 is 1.08 bits per heavy atom. The molecule has 1 aliphatic rings.